The van der Waals surface area contributed by atoms with Crippen molar-refractivity contribution in [1.82, 2.24) is 15.0 Å². The second-order valence-electron chi connectivity index (χ2n) is 12.4. The van der Waals surface area contributed by atoms with E-state index in [1.807, 2.05) is 18.2 Å². The molecule has 0 aliphatic heterocycles. The molecule has 0 aliphatic carbocycles. The predicted octanol–water partition coefficient (Wildman–Crippen LogP) is 11.9. The van der Waals surface area contributed by atoms with Crippen LogP contribution in [0.5, 0.6) is 0 Å². The largest absolute Gasteiger partial charge is 0.455 e. The van der Waals surface area contributed by atoms with Crippen LogP contribution in [0.1, 0.15) is 0 Å². The van der Waals surface area contributed by atoms with Gasteiger partial charge in [-0.25, -0.2) is 15.0 Å². The Morgan fingerprint density at radius 1 is 0.347 bits per heavy atom. The number of furan rings is 1. The molecule has 2 aromatic heterocycles. The van der Waals surface area contributed by atoms with Gasteiger partial charge in [-0.15, -0.1) is 0 Å². The third-order valence-electron chi connectivity index (χ3n) is 9.51. The van der Waals surface area contributed by atoms with Crippen molar-refractivity contribution in [2.75, 3.05) is 0 Å². The molecule has 49 heavy (non-hydrogen) atoms. The lowest BCUT2D eigenvalue weighted by molar-refractivity contribution is 0.672. The van der Waals surface area contributed by atoms with Gasteiger partial charge in [0.15, 0.2) is 17.5 Å². The number of benzene rings is 8. The fraction of sp³-hybridized carbons (Fsp3) is 0. The molecule has 228 valence electrons. The molecule has 0 bridgehead atoms. The monoisotopic (exact) mass is 625 g/mol. The van der Waals surface area contributed by atoms with Gasteiger partial charge < -0.3 is 4.42 Å². The Kier molecular flexibility index (Phi) is 6.15. The van der Waals surface area contributed by atoms with E-state index in [9.17, 15) is 0 Å². The van der Waals surface area contributed by atoms with Crippen molar-refractivity contribution in [3.63, 3.8) is 0 Å². The number of rotatable bonds is 4. The third kappa shape index (κ3) is 4.49. The van der Waals surface area contributed by atoms with Crippen LogP contribution in [0.2, 0.25) is 0 Å². The van der Waals surface area contributed by atoms with E-state index in [1.165, 1.54) is 0 Å². The lowest BCUT2D eigenvalue weighted by Crippen LogP contribution is -2.01. The summed E-state index contributed by atoms with van der Waals surface area (Å²) in [6.45, 7) is 0. The molecule has 0 saturated heterocycles. The van der Waals surface area contributed by atoms with Crippen molar-refractivity contribution in [3.8, 4) is 45.3 Å². The lowest BCUT2D eigenvalue weighted by Gasteiger charge is -2.13. The maximum atomic E-state index is 6.65. The molecule has 0 radical (unpaired) electrons. The molecule has 0 saturated carbocycles. The van der Waals surface area contributed by atoms with E-state index >= 15 is 0 Å². The van der Waals surface area contributed by atoms with E-state index in [0.717, 1.165) is 82.1 Å². The number of para-hydroxylation sites is 1. The average molecular weight is 626 g/mol. The third-order valence-corrected chi connectivity index (χ3v) is 9.51. The number of fused-ring (bicyclic) bond motifs is 7. The summed E-state index contributed by atoms with van der Waals surface area (Å²) in [5, 5.41) is 8.59. The van der Waals surface area contributed by atoms with Crippen LogP contribution in [-0.2, 0) is 0 Å². The topological polar surface area (TPSA) is 51.8 Å². The molecule has 0 N–H and O–H groups in total. The van der Waals surface area contributed by atoms with Crippen LogP contribution in [0.3, 0.4) is 0 Å². The summed E-state index contributed by atoms with van der Waals surface area (Å²) in [4.78, 5) is 15.8. The van der Waals surface area contributed by atoms with Crippen molar-refractivity contribution in [2.45, 2.75) is 0 Å². The molecular formula is C45H27N3O. The van der Waals surface area contributed by atoms with Gasteiger partial charge in [0.25, 0.3) is 0 Å². The molecule has 2 heterocycles. The van der Waals surface area contributed by atoms with Crippen LogP contribution >= 0.6 is 0 Å². The van der Waals surface area contributed by atoms with E-state index in [-0.39, 0.29) is 0 Å². The molecule has 8 aromatic carbocycles. The molecule has 10 aromatic rings. The van der Waals surface area contributed by atoms with Gasteiger partial charge in [0.1, 0.15) is 11.2 Å². The minimum atomic E-state index is 0.601. The van der Waals surface area contributed by atoms with Crippen molar-refractivity contribution in [2.24, 2.45) is 0 Å². The van der Waals surface area contributed by atoms with E-state index in [1.54, 1.807) is 0 Å². The van der Waals surface area contributed by atoms with Gasteiger partial charge in [-0.05, 0) is 62.3 Å². The zero-order valence-electron chi connectivity index (χ0n) is 26.3. The number of hydrogen-bond acceptors (Lipinski definition) is 4. The molecule has 0 atom stereocenters. The maximum Gasteiger partial charge on any atom is 0.164 e. The molecule has 0 aliphatic rings. The summed E-state index contributed by atoms with van der Waals surface area (Å²) in [5.41, 5.74) is 6.78. The molecular weight excluding hydrogens is 599 g/mol. The first-order chi connectivity index (χ1) is 24.3. The minimum Gasteiger partial charge on any atom is -0.455 e. The van der Waals surface area contributed by atoms with Crippen molar-refractivity contribution in [3.05, 3.63) is 164 Å². The summed E-state index contributed by atoms with van der Waals surface area (Å²) in [7, 11) is 0. The van der Waals surface area contributed by atoms with Gasteiger partial charge in [-0.3, -0.25) is 0 Å². The minimum absolute atomic E-state index is 0.601. The molecule has 4 heteroatoms. The van der Waals surface area contributed by atoms with Gasteiger partial charge in [-0.2, -0.15) is 0 Å². The Balaban J connectivity index is 1.32. The molecule has 0 amide bonds. The van der Waals surface area contributed by atoms with Crippen molar-refractivity contribution >= 4 is 54.3 Å². The summed E-state index contributed by atoms with van der Waals surface area (Å²) >= 11 is 0. The summed E-state index contributed by atoms with van der Waals surface area (Å²) < 4.78 is 6.65. The maximum absolute atomic E-state index is 6.65. The quantitative estimate of drug-likeness (QED) is 0.195. The first-order valence-corrected chi connectivity index (χ1v) is 16.4. The Morgan fingerprint density at radius 2 is 0.898 bits per heavy atom. The number of nitrogens with zero attached hydrogens (tertiary/aromatic N) is 3. The number of hydrogen-bond donors (Lipinski definition) is 0. The SMILES string of the molecule is c1ccc(-c2ccc3c(c2)cc(-c2nc(-c4cccc5ccccc45)nc(-c4cccc5ccccc45)n2)c2c4ccccc4oc32)cc1. The van der Waals surface area contributed by atoms with Gasteiger partial charge >= 0.3 is 0 Å². The van der Waals surface area contributed by atoms with Crippen molar-refractivity contribution in [1.29, 1.82) is 0 Å². The Bertz CT molecular complexity index is 2780. The van der Waals surface area contributed by atoms with Crippen LogP contribution in [0.15, 0.2) is 168 Å². The molecule has 4 nitrogen and oxygen atoms in total. The van der Waals surface area contributed by atoms with E-state index in [4.69, 9.17) is 19.4 Å². The van der Waals surface area contributed by atoms with Gasteiger partial charge in [0.05, 0.1) is 0 Å². The van der Waals surface area contributed by atoms with E-state index < -0.39 is 0 Å². The summed E-state index contributed by atoms with van der Waals surface area (Å²) in [6.07, 6.45) is 0. The molecule has 0 spiro atoms. The van der Waals surface area contributed by atoms with E-state index in [2.05, 4.69) is 146 Å². The Hall–Kier alpha value is -6.65. The highest BCUT2D eigenvalue weighted by Crippen LogP contribution is 2.42. The highest BCUT2D eigenvalue weighted by atomic mass is 16.3. The lowest BCUT2D eigenvalue weighted by atomic mass is 9.96. The first-order valence-electron chi connectivity index (χ1n) is 16.4. The van der Waals surface area contributed by atoms with Crippen molar-refractivity contribution < 1.29 is 4.42 Å². The van der Waals surface area contributed by atoms with Crippen LogP contribution in [0.25, 0.3) is 99.5 Å². The zero-order valence-corrected chi connectivity index (χ0v) is 26.3. The molecule has 0 fully saturated rings. The van der Waals surface area contributed by atoms with Crippen LogP contribution in [0.4, 0.5) is 0 Å². The standard InChI is InChI=1S/C45H27N3O/c1-2-12-28(13-3-1)31-24-25-35-32(26-31)27-39(41-38-20-8-9-23-40(38)49-42(35)41)45-47-43(36-21-10-16-29-14-4-6-18-33(29)36)46-44(48-45)37-22-11-17-30-15-5-7-19-34(30)37/h1-27H. The normalized spacial score (nSPS) is 11.7. The molecule has 10 rings (SSSR count). The molecule has 0 unspecified atom stereocenters. The highest BCUT2D eigenvalue weighted by Gasteiger charge is 2.21. The second-order valence-corrected chi connectivity index (χ2v) is 12.4. The zero-order chi connectivity index (χ0) is 32.3. The van der Waals surface area contributed by atoms with Gasteiger partial charge in [-0.1, -0.05) is 140 Å². The fourth-order valence-corrected chi connectivity index (χ4v) is 7.18. The predicted molar refractivity (Wildman–Crippen MR) is 201 cm³/mol. The first kappa shape index (κ1) is 27.5. The summed E-state index contributed by atoms with van der Waals surface area (Å²) in [6, 6.07) is 56.8. The van der Waals surface area contributed by atoms with Gasteiger partial charge in [0.2, 0.25) is 0 Å². The van der Waals surface area contributed by atoms with Gasteiger partial charge in [0, 0.05) is 32.8 Å². The Labute approximate surface area is 282 Å². The smallest absolute Gasteiger partial charge is 0.164 e. The van der Waals surface area contributed by atoms with Crippen LogP contribution in [0, 0.1) is 0 Å². The van der Waals surface area contributed by atoms with Crippen LogP contribution in [-0.4, -0.2) is 15.0 Å². The Morgan fingerprint density at radius 3 is 1.57 bits per heavy atom. The summed E-state index contributed by atoms with van der Waals surface area (Å²) in [5.74, 6) is 1.86. The number of aromatic nitrogens is 3. The second kappa shape index (κ2) is 11.0. The highest BCUT2D eigenvalue weighted by molar-refractivity contribution is 6.21. The van der Waals surface area contributed by atoms with E-state index in [0.29, 0.717) is 17.5 Å². The van der Waals surface area contributed by atoms with Crippen LogP contribution < -0.4 is 0 Å². The fourth-order valence-electron chi connectivity index (χ4n) is 7.18. The average Bonchev–Trinajstić information content (AvgIpc) is 3.57.